The van der Waals surface area contributed by atoms with Crippen molar-refractivity contribution in [3.63, 3.8) is 0 Å². The molecule has 0 aromatic heterocycles. The van der Waals surface area contributed by atoms with Gasteiger partial charge < -0.3 is 15.3 Å². The molecule has 1 unspecified atom stereocenters. The maximum Gasteiger partial charge on any atom is 0.124 e. The van der Waals surface area contributed by atoms with E-state index in [1.54, 1.807) is 6.07 Å². The lowest BCUT2D eigenvalue weighted by atomic mass is 10.1. The molecule has 0 amide bonds. The summed E-state index contributed by atoms with van der Waals surface area (Å²) in [4.78, 5) is 0. The first-order valence-electron chi connectivity index (χ1n) is 5.42. The Morgan fingerprint density at radius 2 is 2.11 bits per heavy atom. The summed E-state index contributed by atoms with van der Waals surface area (Å²) in [5.74, 6) is 5.77. The number of aliphatic hydroxyl groups excluding tert-OH is 3. The zero-order chi connectivity index (χ0) is 13.4. The molecule has 0 fully saturated rings. The van der Waals surface area contributed by atoms with Crippen molar-refractivity contribution in [1.82, 2.24) is 0 Å². The predicted molar refractivity (Wildman–Crippen MR) is 69.6 cm³/mol. The Morgan fingerprint density at radius 1 is 1.33 bits per heavy atom. The molecule has 0 saturated carbocycles. The van der Waals surface area contributed by atoms with E-state index in [4.69, 9.17) is 10.2 Å². The average Bonchev–Trinajstić information content (AvgIpc) is 2.38. The lowest BCUT2D eigenvalue weighted by molar-refractivity contribution is 0.113. The minimum Gasteiger partial charge on any atom is -0.394 e. The Kier molecular flexibility index (Phi) is 6.76. The third kappa shape index (κ3) is 5.07. The summed E-state index contributed by atoms with van der Waals surface area (Å²) in [7, 11) is 0. The molecule has 0 heterocycles. The first kappa shape index (κ1) is 15.0. The van der Waals surface area contributed by atoms with E-state index < -0.39 is 6.10 Å². The van der Waals surface area contributed by atoms with Crippen molar-refractivity contribution in [3.8, 4) is 11.8 Å². The van der Waals surface area contributed by atoms with Gasteiger partial charge in [0, 0.05) is 17.1 Å². The molecule has 0 spiro atoms. The SMILES string of the molecule is OCC#Cc1cc(F)ccc1CSCC(O)CO. The lowest BCUT2D eigenvalue weighted by Crippen LogP contribution is -2.14. The second kappa shape index (κ2) is 8.11. The Balaban J connectivity index is 2.69. The lowest BCUT2D eigenvalue weighted by Gasteiger charge is -2.08. The van der Waals surface area contributed by atoms with E-state index in [0.717, 1.165) is 5.56 Å². The second-order valence-corrected chi connectivity index (χ2v) is 4.64. The zero-order valence-electron chi connectivity index (χ0n) is 9.77. The van der Waals surface area contributed by atoms with Crippen LogP contribution in [0.5, 0.6) is 0 Å². The second-order valence-electron chi connectivity index (χ2n) is 3.61. The summed E-state index contributed by atoms with van der Waals surface area (Å²) in [5.41, 5.74) is 1.38. The summed E-state index contributed by atoms with van der Waals surface area (Å²) >= 11 is 1.43. The molecule has 1 aromatic carbocycles. The predicted octanol–water partition coefficient (Wildman–Crippen LogP) is 0.756. The number of hydrogen-bond acceptors (Lipinski definition) is 4. The van der Waals surface area contributed by atoms with Crippen LogP contribution >= 0.6 is 11.8 Å². The molecule has 3 nitrogen and oxygen atoms in total. The van der Waals surface area contributed by atoms with E-state index in [1.807, 2.05) is 0 Å². The van der Waals surface area contributed by atoms with Gasteiger partial charge in [-0.2, -0.15) is 11.8 Å². The Hall–Kier alpha value is -1.06. The van der Waals surface area contributed by atoms with Crippen LogP contribution in [-0.4, -0.2) is 40.4 Å². The van der Waals surface area contributed by atoms with Crippen molar-refractivity contribution < 1.29 is 19.7 Å². The van der Waals surface area contributed by atoms with Crippen molar-refractivity contribution in [2.45, 2.75) is 11.9 Å². The molecule has 0 aliphatic heterocycles. The van der Waals surface area contributed by atoms with Gasteiger partial charge in [-0.3, -0.25) is 0 Å². The topological polar surface area (TPSA) is 60.7 Å². The van der Waals surface area contributed by atoms with Crippen LogP contribution in [0.3, 0.4) is 0 Å². The van der Waals surface area contributed by atoms with Gasteiger partial charge in [0.1, 0.15) is 12.4 Å². The smallest absolute Gasteiger partial charge is 0.124 e. The highest BCUT2D eigenvalue weighted by molar-refractivity contribution is 7.98. The van der Waals surface area contributed by atoms with Crippen LogP contribution in [-0.2, 0) is 5.75 Å². The Bertz CT molecular complexity index is 440. The summed E-state index contributed by atoms with van der Waals surface area (Å²) < 4.78 is 13.1. The van der Waals surface area contributed by atoms with Crippen LogP contribution in [0.1, 0.15) is 11.1 Å². The molecule has 0 radical (unpaired) electrons. The summed E-state index contributed by atoms with van der Waals surface area (Å²) in [6, 6.07) is 4.30. The normalized spacial score (nSPS) is 11.8. The molecule has 98 valence electrons. The molecule has 1 aromatic rings. The van der Waals surface area contributed by atoms with Gasteiger partial charge in [-0.25, -0.2) is 4.39 Å². The summed E-state index contributed by atoms with van der Waals surface area (Å²) in [6.45, 7) is -0.542. The van der Waals surface area contributed by atoms with Crippen LogP contribution < -0.4 is 0 Å². The number of benzene rings is 1. The molecule has 0 aliphatic rings. The first-order chi connectivity index (χ1) is 8.67. The fraction of sp³-hybridized carbons (Fsp3) is 0.385. The Labute approximate surface area is 110 Å². The minimum absolute atomic E-state index is 0.270. The van der Waals surface area contributed by atoms with E-state index in [0.29, 0.717) is 17.1 Å². The molecule has 3 N–H and O–H groups in total. The largest absolute Gasteiger partial charge is 0.394 e. The molecular formula is C13H15FO3S. The van der Waals surface area contributed by atoms with Gasteiger partial charge in [0.2, 0.25) is 0 Å². The van der Waals surface area contributed by atoms with Crippen molar-refractivity contribution in [2.75, 3.05) is 19.0 Å². The van der Waals surface area contributed by atoms with E-state index in [1.165, 1.54) is 23.9 Å². The molecule has 1 atom stereocenters. The Morgan fingerprint density at radius 3 is 2.78 bits per heavy atom. The number of hydrogen-bond donors (Lipinski definition) is 3. The minimum atomic E-state index is -0.748. The standard InChI is InChI=1S/C13H15FO3S/c14-12-4-3-11(8-18-9-13(17)7-16)10(6-12)2-1-5-15/h3-4,6,13,15-17H,5,7-9H2. The van der Waals surface area contributed by atoms with E-state index in [-0.39, 0.29) is 19.0 Å². The summed E-state index contributed by atoms with van der Waals surface area (Å²) in [5, 5.41) is 26.5. The fourth-order valence-electron chi connectivity index (χ4n) is 1.28. The molecule has 0 saturated heterocycles. The molecule has 1 rings (SSSR count). The fourth-order valence-corrected chi connectivity index (χ4v) is 2.25. The van der Waals surface area contributed by atoms with Crippen LogP contribution in [0, 0.1) is 17.7 Å². The average molecular weight is 270 g/mol. The monoisotopic (exact) mass is 270 g/mol. The summed E-state index contributed by atoms with van der Waals surface area (Å²) in [6.07, 6.45) is -0.748. The van der Waals surface area contributed by atoms with Gasteiger partial charge in [-0.05, 0) is 17.7 Å². The number of aliphatic hydroxyl groups is 3. The third-order valence-electron chi connectivity index (χ3n) is 2.15. The van der Waals surface area contributed by atoms with Gasteiger partial charge in [0.05, 0.1) is 12.7 Å². The molecule has 0 aliphatic carbocycles. The van der Waals surface area contributed by atoms with Crippen molar-refractivity contribution in [1.29, 1.82) is 0 Å². The number of halogens is 1. The first-order valence-corrected chi connectivity index (χ1v) is 6.57. The van der Waals surface area contributed by atoms with Gasteiger partial charge in [-0.1, -0.05) is 17.9 Å². The highest BCUT2D eigenvalue weighted by Crippen LogP contribution is 2.18. The molecular weight excluding hydrogens is 255 g/mol. The maximum atomic E-state index is 13.1. The van der Waals surface area contributed by atoms with Gasteiger partial charge in [0.25, 0.3) is 0 Å². The van der Waals surface area contributed by atoms with Crippen LogP contribution in [0.25, 0.3) is 0 Å². The van der Waals surface area contributed by atoms with Crippen molar-refractivity contribution >= 4 is 11.8 Å². The molecule has 5 heteroatoms. The van der Waals surface area contributed by atoms with Gasteiger partial charge in [0.15, 0.2) is 0 Å². The van der Waals surface area contributed by atoms with Gasteiger partial charge in [-0.15, -0.1) is 0 Å². The zero-order valence-corrected chi connectivity index (χ0v) is 10.6. The molecule has 18 heavy (non-hydrogen) atoms. The molecule has 0 bridgehead atoms. The van der Waals surface area contributed by atoms with Crippen LogP contribution in [0.15, 0.2) is 18.2 Å². The highest BCUT2D eigenvalue weighted by atomic mass is 32.2. The van der Waals surface area contributed by atoms with E-state index >= 15 is 0 Å². The van der Waals surface area contributed by atoms with Crippen LogP contribution in [0.2, 0.25) is 0 Å². The van der Waals surface area contributed by atoms with Crippen LogP contribution in [0.4, 0.5) is 4.39 Å². The highest BCUT2D eigenvalue weighted by Gasteiger charge is 2.05. The van der Waals surface area contributed by atoms with Crippen molar-refractivity contribution in [3.05, 3.63) is 35.1 Å². The maximum absolute atomic E-state index is 13.1. The van der Waals surface area contributed by atoms with Crippen molar-refractivity contribution in [2.24, 2.45) is 0 Å². The number of rotatable bonds is 5. The number of thioether (sulfide) groups is 1. The third-order valence-corrected chi connectivity index (χ3v) is 3.29. The van der Waals surface area contributed by atoms with Gasteiger partial charge >= 0.3 is 0 Å². The van der Waals surface area contributed by atoms with E-state index in [2.05, 4.69) is 11.8 Å². The quantitative estimate of drug-likeness (QED) is 0.691. The van der Waals surface area contributed by atoms with E-state index in [9.17, 15) is 9.50 Å².